The average Bonchev–Trinajstić information content (AvgIpc) is 3.57. The molecular weight excluding hydrogens is 508 g/mol. The molecule has 3 heterocycles. The Kier molecular flexibility index (Phi) is 7.08. The molecule has 3 amide bonds. The molecule has 0 radical (unpaired) electrons. The fourth-order valence-corrected chi connectivity index (χ4v) is 6.72. The number of hydrogen-bond donors (Lipinski definition) is 0. The summed E-state index contributed by atoms with van der Waals surface area (Å²) in [6.07, 6.45) is 3.84. The molecule has 202 valence electrons. The molecule has 6 nitrogen and oxygen atoms in total. The number of likely N-dealkylation sites (tertiary alicyclic amines) is 1. The van der Waals surface area contributed by atoms with Gasteiger partial charge >= 0.3 is 6.03 Å². The van der Waals surface area contributed by atoms with E-state index in [9.17, 15) is 9.59 Å². The lowest BCUT2D eigenvalue weighted by Gasteiger charge is -2.41. The summed E-state index contributed by atoms with van der Waals surface area (Å²) in [5, 5.41) is 0.670. The van der Waals surface area contributed by atoms with E-state index in [1.807, 2.05) is 55.5 Å². The molecule has 3 aliphatic heterocycles. The van der Waals surface area contributed by atoms with Crippen LogP contribution < -0.4 is 9.80 Å². The summed E-state index contributed by atoms with van der Waals surface area (Å²) < 4.78 is 0. The number of carbonyl (C=O) groups excluding carboxylic acids is 2. The number of piperidine rings is 1. The number of benzene rings is 3. The summed E-state index contributed by atoms with van der Waals surface area (Å²) in [5.74, 6) is -0.102. The maximum absolute atomic E-state index is 13.9. The largest absolute Gasteiger partial charge is 0.372 e. The van der Waals surface area contributed by atoms with Gasteiger partial charge in [-0.15, -0.1) is 0 Å². The molecule has 0 saturated carbocycles. The van der Waals surface area contributed by atoms with Gasteiger partial charge in [0.1, 0.15) is 5.54 Å². The first kappa shape index (κ1) is 25.9. The van der Waals surface area contributed by atoms with E-state index in [0.29, 0.717) is 30.1 Å². The zero-order chi connectivity index (χ0) is 27.0. The van der Waals surface area contributed by atoms with Gasteiger partial charge in [-0.1, -0.05) is 54.1 Å². The second kappa shape index (κ2) is 10.7. The SMILES string of the molecule is CCN1C(=O)N(c2ccc(-c3ccccc3Cl)cc2)C(=O)C12CCN(Cc1ccc(N3CCCC3)cc1)CC2. The molecule has 1 spiro atoms. The number of hydrogen-bond acceptors (Lipinski definition) is 4. The van der Waals surface area contributed by atoms with Crippen LogP contribution in [0.3, 0.4) is 0 Å². The summed E-state index contributed by atoms with van der Waals surface area (Å²) in [6, 6.07) is 23.9. The van der Waals surface area contributed by atoms with E-state index < -0.39 is 5.54 Å². The van der Waals surface area contributed by atoms with Gasteiger partial charge in [-0.05, 0) is 74.1 Å². The van der Waals surface area contributed by atoms with Gasteiger partial charge in [-0.3, -0.25) is 9.69 Å². The minimum atomic E-state index is -0.774. The molecule has 6 rings (SSSR count). The van der Waals surface area contributed by atoms with E-state index in [0.717, 1.165) is 43.9 Å². The number of likely N-dealkylation sites (N-methyl/N-ethyl adjacent to an activating group) is 1. The van der Waals surface area contributed by atoms with Crippen molar-refractivity contribution < 1.29 is 9.59 Å². The van der Waals surface area contributed by atoms with Crippen molar-refractivity contribution in [3.05, 3.63) is 83.4 Å². The van der Waals surface area contributed by atoms with Crippen molar-refractivity contribution in [1.29, 1.82) is 0 Å². The Morgan fingerprint density at radius 1 is 0.795 bits per heavy atom. The molecule has 0 bridgehead atoms. The number of nitrogens with zero attached hydrogens (tertiary/aromatic N) is 4. The maximum atomic E-state index is 13.9. The molecule has 3 aromatic carbocycles. The minimum Gasteiger partial charge on any atom is -0.372 e. The van der Waals surface area contributed by atoms with Crippen molar-refractivity contribution in [3.8, 4) is 11.1 Å². The summed E-state index contributed by atoms with van der Waals surface area (Å²) >= 11 is 6.37. The van der Waals surface area contributed by atoms with Gasteiger partial charge in [0.2, 0.25) is 0 Å². The van der Waals surface area contributed by atoms with Gasteiger partial charge < -0.3 is 9.80 Å². The van der Waals surface area contributed by atoms with Crippen LogP contribution in [-0.4, -0.2) is 60.0 Å². The third kappa shape index (κ3) is 4.70. The quantitative estimate of drug-likeness (QED) is 0.337. The Labute approximate surface area is 235 Å². The summed E-state index contributed by atoms with van der Waals surface area (Å²) in [6.45, 7) is 7.19. The molecule has 0 N–H and O–H groups in total. The van der Waals surface area contributed by atoms with E-state index in [1.54, 1.807) is 4.90 Å². The number of halogens is 1. The molecule has 0 atom stereocenters. The van der Waals surface area contributed by atoms with E-state index >= 15 is 0 Å². The molecule has 3 saturated heterocycles. The molecule has 39 heavy (non-hydrogen) atoms. The second-order valence-electron chi connectivity index (χ2n) is 10.9. The van der Waals surface area contributed by atoms with Gasteiger partial charge in [0, 0.05) is 55.5 Å². The van der Waals surface area contributed by atoms with Crippen molar-refractivity contribution in [2.75, 3.05) is 42.5 Å². The first-order valence-corrected chi connectivity index (χ1v) is 14.5. The fourth-order valence-electron chi connectivity index (χ4n) is 6.48. The number of urea groups is 1. The van der Waals surface area contributed by atoms with Crippen LogP contribution in [0.2, 0.25) is 5.02 Å². The first-order chi connectivity index (χ1) is 19.0. The Morgan fingerprint density at radius 3 is 2.08 bits per heavy atom. The normalized spacial score (nSPS) is 19.5. The standard InChI is InChI=1S/C32H35ClN4O2/c1-2-36-31(39)37(27-15-11-25(12-16-27)28-7-3-4-8-29(28)33)30(38)32(36)17-21-34(22-18-32)23-24-9-13-26(14-10-24)35-19-5-6-20-35/h3-4,7-16H,2,5-6,17-23H2,1H3. The number of anilines is 2. The minimum absolute atomic E-state index is 0.102. The van der Waals surface area contributed by atoms with E-state index in [2.05, 4.69) is 34.1 Å². The topological polar surface area (TPSA) is 47.1 Å². The highest BCUT2D eigenvalue weighted by atomic mass is 35.5. The van der Waals surface area contributed by atoms with Crippen LogP contribution in [0.25, 0.3) is 11.1 Å². The summed E-state index contributed by atoms with van der Waals surface area (Å²) in [4.78, 5) is 35.5. The Balaban J connectivity index is 1.15. The van der Waals surface area contributed by atoms with E-state index in [4.69, 9.17) is 11.6 Å². The third-order valence-electron chi connectivity index (χ3n) is 8.66. The highest BCUT2D eigenvalue weighted by Crippen LogP contribution is 2.40. The first-order valence-electron chi connectivity index (χ1n) is 14.1. The van der Waals surface area contributed by atoms with Crippen LogP contribution in [0.1, 0.15) is 38.2 Å². The van der Waals surface area contributed by atoms with Crippen LogP contribution in [0.5, 0.6) is 0 Å². The second-order valence-corrected chi connectivity index (χ2v) is 11.3. The van der Waals surface area contributed by atoms with Crippen LogP contribution in [0.15, 0.2) is 72.8 Å². The molecule has 7 heteroatoms. The fraction of sp³-hybridized carbons (Fsp3) is 0.375. The van der Waals surface area contributed by atoms with Gasteiger partial charge in [0.15, 0.2) is 0 Å². The van der Waals surface area contributed by atoms with Gasteiger partial charge in [-0.2, -0.15) is 0 Å². The number of rotatable bonds is 6. The van der Waals surface area contributed by atoms with Crippen LogP contribution in [-0.2, 0) is 11.3 Å². The Bertz CT molecular complexity index is 1340. The number of carbonyl (C=O) groups is 2. The number of imide groups is 1. The molecule has 3 fully saturated rings. The average molecular weight is 543 g/mol. The number of amides is 3. The lowest BCUT2D eigenvalue weighted by Crippen LogP contribution is -2.56. The predicted octanol–water partition coefficient (Wildman–Crippen LogP) is 6.43. The highest BCUT2D eigenvalue weighted by molar-refractivity contribution is 6.33. The van der Waals surface area contributed by atoms with E-state index in [-0.39, 0.29) is 11.9 Å². The van der Waals surface area contributed by atoms with Crippen molar-refractivity contribution in [2.45, 2.75) is 44.7 Å². The molecule has 0 aromatic heterocycles. The monoisotopic (exact) mass is 542 g/mol. The van der Waals surface area contributed by atoms with E-state index in [1.165, 1.54) is 29.0 Å². The van der Waals surface area contributed by atoms with Crippen LogP contribution in [0, 0.1) is 0 Å². The molecule has 3 aromatic rings. The molecule has 0 unspecified atom stereocenters. The van der Waals surface area contributed by atoms with Gasteiger partial charge in [0.25, 0.3) is 5.91 Å². The maximum Gasteiger partial charge on any atom is 0.332 e. The highest BCUT2D eigenvalue weighted by Gasteiger charge is 2.57. The molecular formula is C32H35ClN4O2. The summed E-state index contributed by atoms with van der Waals surface area (Å²) in [7, 11) is 0. The van der Waals surface area contributed by atoms with Gasteiger partial charge in [-0.25, -0.2) is 9.69 Å². The zero-order valence-electron chi connectivity index (χ0n) is 22.5. The molecule has 3 aliphatic rings. The van der Waals surface area contributed by atoms with Crippen molar-refractivity contribution in [1.82, 2.24) is 9.80 Å². The Morgan fingerprint density at radius 2 is 1.44 bits per heavy atom. The van der Waals surface area contributed by atoms with Crippen molar-refractivity contribution in [3.63, 3.8) is 0 Å². The van der Waals surface area contributed by atoms with Gasteiger partial charge in [0.05, 0.1) is 5.69 Å². The third-order valence-corrected chi connectivity index (χ3v) is 8.99. The summed E-state index contributed by atoms with van der Waals surface area (Å²) in [5.41, 5.74) is 4.31. The van der Waals surface area contributed by atoms with Crippen molar-refractivity contribution in [2.24, 2.45) is 0 Å². The zero-order valence-corrected chi connectivity index (χ0v) is 23.2. The smallest absolute Gasteiger partial charge is 0.332 e. The lowest BCUT2D eigenvalue weighted by molar-refractivity contribution is -0.127. The Hall–Kier alpha value is -3.35. The lowest BCUT2D eigenvalue weighted by atomic mass is 9.85. The predicted molar refractivity (Wildman–Crippen MR) is 157 cm³/mol. The van der Waals surface area contributed by atoms with Crippen molar-refractivity contribution >= 4 is 34.9 Å². The van der Waals surface area contributed by atoms with Crippen LogP contribution in [0.4, 0.5) is 16.2 Å². The van der Waals surface area contributed by atoms with Crippen LogP contribution >= 0.6 is 11.6 Å². The molecule has 0 aliphatic carbocycles.